The molecule has 1 amide bonds. The van der Waals surface area contributed by atoms with Crippen molar-refractivity contribution < 1.29 is 18.3 Å². The number of nitrogens with zero attached hydrogens (tertiary/aromatic N) is 1. The highest BCUT2D eigenvalue weighted by Crippen LogP contribution is 2.37. The lowest BCUT2D eigenvalue weighted by Gasteiger charge is -2.39. The first-order valence-corrected chi connectivity index (χ1v) is 8.67. The van der Waals surface area contributed by atoms with Gasteiger partial charge in [-0.15, -0.1) is 0 Å². The summed E-state index contributed by atoms with van der Waals surface area (Å²) < 4.78 is 29.0. The molecule has 1 saturated carbocycles. The van der Waals surface area contributed by atoms with E-state index in [1.807, 2.05) is 0 Å². The third-order valence-corrected chi connectivity index (χ3v) is 5.21. The Bertz CT molecular complexity index is 568. The third kappa shape index (κ3) is 3.86. The summed E-state index contributed by atoms with van der Waals surface area (Å²) in [5.41, 5.74) is 0.422. The van der Waals surface area contributed by atoms with Gasteiger partial charge in [0.15, 0.2) is 0 Å². The van der Waals surface area contributed by atoms with Crippen LogP contribution in [0.3, 0.4) is 0 Å². The van der Waals surface area contributed by atoms with Crippen LogP contribution in [0.2, 0.25) is 0 Å². The second kappa shape index (κ2) is 7.47. The molecule has 3 rings (SSSR count). The highest BCUT2D eigenvalue weighted by Gasteiger charge is 2.40. The summed E-state index contributed by atoms with van der Waals surface area (Å²) >= 11 is 0. The molecule has 1 aliphatic carbocycles. The highest BCUT2D eigenvalue weighted by atomic mass is 19.3. The van der Waals surface area contributed by atoms with Gasteiger partial charge >= 0.3 is 6.61 Å². The Kier molecular flexibility index (Phi) is 5.33. The summed E-state index contributed by atoms with van der Waals surface area (Å²) in [6.07, 6.45) is 7.07. The number of rotatable bonds is 6. The number of benzene rings is 1. The third-order valence-electron chi connectivity index (χ3n) is 5.21. The molecule has 1 aliphatic heterocycles. The zero-order valence-electron chi connectivity index (χ0n) is 13.8. The Balaban J connectivity index is 1.63. The number of ether oxygens (including phenoxy) is 1. The van der Waals surface area contributed by atoms with Crippen molar-refractivity contribution in [2.45, 2.75) is 50.7 Å². The molecule has 0 bridgehead atoms. The molecule has 24 heavy (non-hydrogen) atoms. The van der Waals surface area contributed by atoms with Crippen LogP contribution in [-0.2, 0) is 0 Å². The van der Waals surface area contributed by atoms with Crippen molar-refractivity contribution in [3.63, 3.8) is 0 Å². The van der Waals surface area contributed by atoms with Gasteiger partial charge in [0.2, 0.25) is 0 Å². The molecule has 0 unspecified atom stereocenters. The van der Waals surface area contributed by atoms with E-state index in [9.17, 15) is 13.6 Å². The lowest BCUT2D eigenvalue weighted by molar-refractivity contribution is -0.0498. The monoisotopic (exact) mass is 338 g/mol. The van der Waals surface area contributed by atoms with Gasteiger partial charge in [-0.3, -0.25) is 9.69 Å². The fourth-order valence-corrected chi connectivity index (χ4v) is 3.99. The van der Waals surface area contributed by atoms with Gasteiger partial charge in [0.05, 0.1) is 0 Å². The summed E-state index contributed by atoms with van der Waals surface area (Å²) in [6.45, 7) is -0.0623. The molecule has 2 fully saturated rings. The summed E-state index contributed by atoms with van der Waals surface area (Å²) in [5.74, 6) is -0.229. The van der Waals surface area contributed by atoms with E-state index in [0.29, 0.717) is 12.1 Å². The minimum atomic E-state index is -2.89. The van der Waals surface area contributed by atoms with E-state index in [0.717, 1.165) is 25.9 Å². The van der Waals surface area contributed by atoms with Crippen LogP contribution in [0.1, 0.15) is 48.9 Å². The molecule has 0 atom stereocenters. The summed E-state index contributed by atoms with van der Waals surface area (Å²) in [5, 5.41) is 3.02. The molecule has 0 spiro atoms. The molecule has 1 saturated heterocycles. The van der Waals surface area contributed by atoms with Crippen LogP contribution in [0.5, 0.6) is 5.75 Å². The Morgan fingerprint density at radius 3 is 2.58 bits per heavy atom. The summed E-state index contributed by atoms with van der Waals surface area (Å²) in [4.78, 5) is 14.9. The molecular formula is C18H24F2N2O2. The van der Waals surface area contributed by atoms with E-state index in [1.54, 1.807) is 12.1 Å². The van der Waals surface area contributed by atoms with Gasteiger partial charge in [0.1, 0.15) is 5.75 Å². The molecule has 4 nitrogen and oxygen atoms in total. The number of hydrogen-bond acceptors (Lipinski definition) is 3. The van der Waals surface area contributed by atoms with Crippen molar-refractivity contribution in [2.24, 2.45) is 0 Å². The fraction of sp³-hybridized carbons (Fsp3) is 0.611. The van der Waals surface area contributed by atoms with Crippen molar-refractivity contribution in [3.05, 3.63) is 29.8 Å². The quantitative estimate of drug-likeness (QED) is 0.864. The number of halogens is 2. The van der Waals surface area contributed by atoms with Gasteiger partial charge in [-0.25, -0.2) is 0 Å². The standard InChI is InChI=1S/C18H24F2N2O2/c19-17(20)24-15-7-5-6-14(12-15)16(23)21-13-18(8-1-2-9-18)22-10-3-4-11-22/h5-7,12,17H,1-4,8-11,13H2,(H,21,23). The number of amides is 1. The number of nitrogens with one attached hydrogen (secondary N) is 1. The van der Waals surface area contributed by atoms with Crippen LogP contribution < -0.4 is 10.1 Å². The largest absolute Gasteiger partial charge is 0.435 e. The second-order valence-corrected chi connectivity index (χ2v) is 6.71. The van der Waals surface area contributed by atoms with E-state index in [1.165, 1.54) is 37.8 Å². The summed E-state index contributed by atoms with van der Waals surface area (Å²) in [6, 6.07) is 5.95. The van der Waals surface area contributed by atoms with Crippen LogP contribution in [0.15, 0.2) is 24.3 Å². The van der Waals surface area contributed by atoms with Gasteiger partial charge in [0, 0.05) is 17.6 Å². The predicted molar refractivity (Wildman–Crippen MR) is 87.4 cm³/mol. The van der Waals surface area contributed by atoms with Crippen LogP contribution >= 0.6 is 0 Å². The van der Waals surface area contributed by atoms with Crippen molar-refractivity contribution in [1.29, 1.82) is 0 Å². The molecular weight excluding hydrogens is 314 g/mol. The maximum Gasteiger partial charge on any atom is 0.387 e. The van der Waals surface area contributed by atoms with Crippen molar-refractivity contribution in [3.8, 4) is 5.75 Å². The lowest BCUT2D eigenvalue weighted by atomic mass is 9.95. The zero-order chi connectivity index (χ0) is 17.0. The van der Waals surface area contributed by atoms with Crippen LogP contribution in [0.4, 0.5) is 8.78 Å². The molecule has 0 radical (unpaired) electrons. The first-order chi connectivity index (χ1) is 11.6. The van der Waals surface area contributed by atoms with Crippen molar-refractivity contribution in [1.82, 2.24) is 10.2 Å². The molecule has 1 aromatic rings. The Hall–Kier alpha value is -1.69. The number of alkyl halides is 2. The Morgan fingerprint density at radius 1 is 1.21 bits per heavy atom. The van der Waals surface area contributed by atoms with Gasteiger partial charge in [-0.2, -0.15) is 8.78 Å². The Labute approximate surface area is 141 Å². The van der Waals surface area contributed by atoms with Gasteiger partial charge in [-0.1, -0.05) is 18.9 Å². The first-order valence-electron chi connectivity index (χ1n) is 8.67. The maximum atomic E-state index is 12.4. The molecule has 1 N–H and O–H groups in total. The predicted octanol–water partition coefficient (Wildman–Crippen LogP) is 3.43. The number of carbonyl (C=O) groups is 1. The smallest absolute Gasteiger partial charge is 0.387 e. The lowest BCUT2D eigenvalue weighted by Crippen LogP contribution is -2.53. The molecule has 1 heterocycles. The van der Waals surface area contributed by atoms with Gasteiger partial charge in [0.25, 0.3) is 5.91 Å². The van der Waals surface area contributed by atoms with E-state index >= 15 is 0 Å². The van der Waals surface area contributed by atoms with Gasteiger partial charge < -0.3 is 10.1 Å². The van der Waals surface area contributed by atoms with E-state index in [2.05, 4.69) is 15.0 Å². The fourth-order valence-electron chi connectivity index (χ4n) is 3.99. The SMILES string of the molecule is O=C(NCC1(N2CCCC2)CCCC1)c1cccc(OC(F)F)c1. The first kappa shape index (κ1) is 17.1. The number of likely N-dealkylation sites (tertiary alicyclic amines) is 1. The minimum Gasteiger partial charge on any atom is -0.435 e. The summed E-state index contributed by atoms with van der Waals surface area (Å²) in [7, 11) is 0. The Morgan fingerprint density at radius 2 is 1.92 bits per heavy atom. The zero-order valence-corrected chi connectivity index (χ0v) is 13.8. The molecule has 6 heteroatoms. The second-order valence-electron chi connectivity index (χ2n) is 6.71. The minimum absolute atomic E-state index is 0.00720. The topological polar surface area (TPSA) is 41.6 Å². The van der Waals surface area contributed by atoms with Crippen LogP contribution in [-0.4, -0.2) is 42.6 Å². The van der Waals surface area contributed by atoms with Crippen LogP contribution in [0, 0.1) is 0 Å². The van der Waals surface area contributed by atoms with E-state index < -0.39 is 6.61 Å². The maximum absolute atomic E-state index is 12.4. The van der Waals surface area contributed by atoms with E-state index in [-0.39, 0.29) is 17.2 Å². The average molecular weight is 338 g/mol. The number of carbonyl (C=O) groups excluding carboxylic acids is 1. The highest BCUT2D eigenvalue weighted by molar-refractivity contribution is 5.94. The van der Waals surface area contributed by atoms with Crippen molar-refractivity contribution >= 4 is 5.91 Å². The van der Waals surface area contributed by atoms with Crippen molar-refractivity contribution in [2.75, 3.05) is 19.6 Å². The molecule has 0 aromatic heterocycles. The molecule has 132 valence electrons. The molecule has 1 aromatic carbocycles. The van der Waals surface area contributed by atoms with Crippen LogP contribution in [0.25, 0.3) is 0 Å². The normalized spacial score (nSPS) is 20.5. The van der Waals surface area contributed by atoms with E-state index in [4.69, 9.17) is 0 Å². The average Bonchev–Trinajstić information content (AvgIpc) is 3.24. The van der Waals surface area contributed by atoms with Gasteiger partial charge in [-0.05, 0) is 57.0 Å². The number of hydrogen-bond donors (Lipinski definition) is 1. The molecule has 2 aliphatic rings.